The molecule has 1 saturated heterocycles. The van der Waals surface area contributed by atoms with E-state index in [2.05, 4.69) is 10.6 Å². The van der Waals surface area contributed by atoms with E-state index in [1.807, 2.05) is 13.0 Å². The van der Waals surface area contributed by atoms with Crippen molar-refractivity contribution in [2.24, 2.45) is 11.8 Å². The molecule has 0 saturated carbocycles. The number of ether oxygens (including phenoxy) is 1. The van der Waals surface area contributed by atoms with Gasteiger partial charge < -0.3 is 15.4 Å². The zero-order chi connectivity index (χ0) is 14.5. The third kappa shape index (κ3) is 3.48. The molecule has 2 rings (SSSR count). The maximum absolute atomic E-state index is 13.5. The lowest BCUT2D eigenvalue weighted by Crippen LogP contribution is -2.49. The summed E-state index contributed by atoms with van der Waals surface area (Å²) in [6, 6.07) is 4.87. The summed E-state index contributed by atoms with van der Waals surface area (Å²) >= 11 is 0. The monoisotopic (exact) mass is 280 g/mol. The fourth-order valence-corrected chi connectivity index (χ4v) is 2.24. The number of hydrogen-bond acceptors (Lipinski definition) is 3. The molecule has 0 aliphatic carbocycles. The first-order valence-electron chi connectivity index (χ1n) is 6.92. The smallest absolute Gasteiger partial charge is 0.223 e. The van der Waals surface area contributed by atoms with Crippen LogP contribution in [0.5, 0.6) is 5.75 Å². The summed E-state index contributed by atoms with van der Waals surface area (Å²) in [5.74, 6) is 0.414. The van der Waals surface area contributed by atoms with Gasteiger partial charge >= 0.3 is 0 Å². The van der Waals surface area contributed by atoms with E-state index < -0.39 is 0 Å². The van der Waals surface area contributed by atoms with Crippen LogP contribution in [0.3, 0.4) is 0 Å². The molecular weight excluding hydrogens is 259 g/mol. The highest BCUT2D eigenvalue weighted by atomic mass is 19.1. The van der Waals surface area contributed by atoms with Crippen molar-refractivity contribution in [1.29, 1.82) is 0 Å². The summed E-state index contributed by atoms with van der Waals surface area (Å²) in [6.07, 6.45) is 0.613. The molecule has 1 fully saturated rings. The Morgan fingerprint density at radius 2 is 2.30 bits per heavy atom. The number of benzene rings is 1. The Morgan fingerprint density at radius 1 is 1.55 bits per heavy atom. The van der Waals surface area contributed by atoms with E-state index in [-0.39, 0.29) is 23.4 Å². The highest BCUT2D eigenvalue weighted by molar-refractivity contribution is 5.78. The Labute approximate surface area is 118 Å². The number of hydrogen-bond donors (Lipinski definition) is 2. The molecule has 1 aromatic carbocycles. The quantitative estimate of drug-likeness (QED) is 0.827. The van der Waals surface area contributed by atoms with E-state index in [1.54, 1.807) is 6.07 Å². The maximum atomic E-state index is 13.5. The maximum Gasteiger partial charge on any atom is 0.223 e. The topological polar surface area (TPSA) is 50.4 Å². The minimum absolute atomic E-state index is 0.0313. The Bertz CT molecular complexity index is 475. The summed E-state index contributed by atoms with van der Waals surface area (Å²) in [6.45, 7) is 4.31. The van der Waals surface area contributed by atoms with Gasteiger partial charge in [-0.25, -0.2) is 4.39 Å². The van der Waals surface area contributed by atoms with E-state index in [1.165, 1.54) is 13.2 Å². The molecule has 1 atom stereocenters. The molecule has 5 heteroatoms. The molecule has 1 unspecified atom stereocenters. The van der Waals surface area contributed by atoms with Crippen LogP contribution in [0, 0.1) is 17.7 Å². The first kappa shape index (κ1) is 14.8. The van der Waals surface area contributed by atoms with Crippen LogP contribution in [0.4, 0.5) is 4.39 Å². The third-order valence-electron chi connectivity index (χ3n) is 3.86. The molecule has 0 aromatic heterocycles. The zero-order valence-corrected chi connectivity index (χ0v) is 11.9. The van der Waals surface area contributed by atoms with Crippen molar-refractivity contribution in [2.45, 2.75) is 13.3 Å². The number of amides is 1. The summed E-state index contributed by atoms with van der Waals surface area (Å²) in [4.78, 5) is 11.9. The second kappa shape index (κ2) is 6.70. The summed E-state index contributed by atoms with van der Waals surface area (Å²) in [7, 11) is 1.44. The minimum atomic E-state index is -0.370. The highest BCUT2D eigenvalue weighted by Crippen LogP contribution is 2.18. The van der Waals surface area contributed by atoms with Crippen LogP contribution in [-0.2, 0) is 11.2 Å². The van der Waals surface area contributed by atoms with Crippen LogP contribution in [-0.4, -0.2) is 32.7 Å². The third-order valence-corrected chi connectivity index (χ3v) is 3.86. The van der Waals surface area contributed by atoms with Gasteiger partial charge in [0.25, 0.3) is 0 Å². The van der Waals surface area contributed by atoms with Gasteiger partial charge in [0.05, 0.1) is 7.11 Å². The molecule has 1 aliphatic heterocycles. The Morgan fingerprint density at radius 3 is 2.85 bits per heavy atom. The van der Waals surface area contributed by atoms with Gasteiger partial charge in [0, 0.05) is 12.5 Å². The number of methoxy groups -OCH3 is 1. The molecule has 2 N–H and O–H groups in total. The lowest BCUT2D eigenvalue weighted by Gasteiger charge is -2.31. The van der Waals surface area contributed by atoms with Gasteiger partial charge in [0.1, 0.15) is 0 Å². The van der Waals surface area contributed by atoms with Crippen molar-refractivity contribution in [3.8, 4) is 5.75 Å². The van der Waals surface area contributed by atoms with Crippen LogP contribution in [0.1, 0.15) is 12.5 Å². The van der Waals surface area contributed by atoms with Crippen LogP contribution in [0.25, 0.3) is 0 Å². The Kier molecular flexibility index (Phi) is 4.95. The molecule has 1 aromatic rings. The SMILES string of the molecule is COc1ccc(CCNC(=O)C(C)C2CNC2)cc1F. The van der Waals surface area contributed by atoms with Crippen molar-refractivity contribution in [3.05, 3.63) is 29.6 Å². The normalized spacial score (nSPS) is 16.4. The van der Waals surface area contributed by atoms with Crippen molar-refractivity contribution in [2.75, 3.05) is 26.7 Å². The van der Waals surface area contributed by atoms with E-state index >= 15 is 0 Å². The molecule has 1 aliphatic rings. The van der Waals surface area contributed by atoms with Crippen molar-refractivity contribution in [3.63, 3.8) is 0 Å². The molecule has 0 bridgehead atoms. The van der Waals surface area contributed by atoms with Crippen LogP contribution in [0.15, 0.2) is 18.2 Å². The Hall–Kier alpha value is -1.62. The number of rotatable bonds is 6. The molecule has 1 heterocycles. The fraction of sp³-hybridized carbons (Fsp3) is 0.533. The van der Waals surface area contributed by atoms with E-state index in [9.17, 15) is 9.18 Å². The van der Waals surface area contributed by atoms with Gasteiger partial charge in [-0.3, -0.25) is 4.79 Å². The molecule has 20 heavy (non-hydrogen) atoms. The van der Waals surface area contributed by atoms with Gasteiger partial charge in [-0.1, -0.05) is 13.0 Å². The lowest BCUT2D eigenvalue weighted by molar-refractivity contribution is -0.126. The summed E-state index contributed by atoms with van der Waals surface area (Å²) < 4.78 is 18.4. The lowest BCUT2D eigenvalue weighted by atomic mass is 9.88. The minimum Gasteiger partial charge on any atom is -0.494 e. The molecule has 1 amide bonds. The van der Waals surface area contributed by atoms with Gasteiger partial charge in [0.15, 0.2) is 11.6 Å². The van der Waals surface area contributed by atoms with Crippen LogP contribution < -0.4 is 15.4 Å². The number of halogens is 1. The molecule has 0 spiro atoms. The van der Waals surface area contributed by atoms with Crippen LogP contribution >= 0.6 is 0 Å². The van der Waals surface area contributed by atoms with Gasteiger partial charge in [0.2, 0.25) is 5.91 Å². The van der Waals surface area contributed by atoms with E-state index in [0.717, 1.165) is 18.7 Å². The van der Waals surface area contributed by atoms with Crippen LogP contribution in [0.2, 0.25) is 0 Å². The fourth-order valence-electron chi connectivity index (χ4n) is 2.24. The van der Waals surface area contributed by atoms with E-state index in [0.29, 0.717) is 18.9 Å². The molecule has 110 valence electrons. The van der Waals surface area contributed by atoms with Gasteiger partial charge in [-0.05, 0) is 43.1 Å². The first-order valence-corrected chi connectivity index (χ1v) is 6.92. The number of nitrogens with one attached hydrogen (secondary N) is 2. The highest BCUT2D eigenvalue weighted by Gasteiger charge is 2.28. The Balaban J connectivity index is 1.77. The van der Waals surface area contributed by atoms with Crippen molar-refractivity contribution in [1.82, 2.24) is 10.6 Å². The largest absolute Gasteiger partial charge is 0.494 e. The predicted octanol–water partition coefficient (Wildman–Crippen LogP) is 1.35. The van der Waals surface area contributed by atoms with Gasteiger partial charge in [-0.15, -0.1) is 0 Å². The predicted molar refractivity (Wildman–Crippen MR) is 75.2 cm³/mol. The van der Waals surface area contributed by atoms with E-state index in [4.69, 9.17) is 4.74 Å². The average Bonchev–Trinajstić information content (AvgIpc) is 2.36. The standard InChI is InChI=1S/C15H21FN2O2/c1-10(12-8-17-9-12)15(19)18-6-5-11-3-4-14(20-2)13(16)7-11/h3-4,7,10,12,17H,5-6,8-9H2,1-2H3,(H,18,19). The summed E-state index contributed by atoms with van der Waals surface area (Å²) in [5, 5.41) is 6.07. The molecule has 0 radical (unpaired) electrons. The molecular formula is C15H21FN2O2. The van der Waals surface area contributed by atoms with Crippen molar-refractivity contribution >= 4 is 5.91 Å². The number of carbonyl (C=O) groups is 1. The van der Waals surface area contributed by atoms with Crippen molar-refractivity contribution < 1.29 is 13.9 Å². The number of carbonyl (C=O) groups excluding carboxylic acids is 1. The second-order valence-corrected chi connectivity index (χ2v) is 5.22. The molecule has 4 nitrogen and oxygen atoms in total. The average molecular weight is 280 g/mol. The second-order valence-electron chi connectivity index (χ2n) is 5.22. The first-order chi connectivity index (χ1) is 9.61. The van der Waals surface area contributed by atoms with Gasteiger partial charge in [-0.2, -0.15) is 0 Å². The zero-order valence-electron chi connectivity index (χ0n) is 11.9. The summed E-state index contributed by atoms with van der Waals surface area (Å²) in [5.41, 5.74) is 0.849.